The molecule has 1 amide bonds. The van der Waals surface area contributed by atoms with Crippen molar-refractivity contribution >= 4 is 62.3 Å². The molecule has 0 atom stereocenters. The van der Waals surface area contributed by atoms with Gasteiger partial charge in [0.05, 0.1) is 11.2 Å². The number of fused-ring (bicyclic) bond motifs is 1. The van der Waals surface area contributed by atoms with E-state index in [0.717, 1.165) is 22.2 Å². The third-order valence-electron chi connectivity index (χ3n) is 6.42. The Morgan fingerprint density at radius 1 is 0.750 bits per heavy atom. The van der Waals surface area contributed by atoms with E-state index in [1.54, 1.807) is 30.5 Å². The first kappa shape index (κ1) is 25.0. The second kappa shape index (κ2) is 10.8. The summed E-state index contributed by atoms with van der Waals surface area (Å²) >= 11 is 1.34. The maximum absolute atomic E-state index is 13.2. The van der Waals surface area contributed by atoms with Crippen molar-refractivity contribution in [2.45, 2.75) is 6.54 Å². The predicted molar refractivity (Wildman–Crippen MR) is 162 cm³/mol. The Morgan fingerprint density at radius 3 is 2.27 bits per heavy atom. The number of nitrogens with zero attached hydrogens (tertiary/aromatic N) is 1. The zero-order valence-corrected chi connectivity index (χ0v) is 21.9. The first-order valence-corrected chi connectivity index (χ1v) is 13.4. The van der Waals surface area contributed by atoms with Crippen LogP contribution >= 0.6 is 11.3 Å². The molecule has 0 aliphatic heterocycles. The summed E-state index contributed by atoms with van der Waals surface area (Å²) in [4.78, 5) is 42.6. The van der Waals surface area contributed by atoms with E-state index in [0.29, 0.717) is 28.5 Å². The largest absolute Gasteiger partial charge is 0.380 e. The van der Waals surface area contributed by atoms with Crippen molar-refractivity contribution in [3.8, 4) is 0 Å². The van der Waals surface area contributed by atoms with Gasteiger partial charge in [0, 0.05) is 35.2 Å². The van der Waals surface area contributed by atoms with Crippen LogP contribution in [-0.4, -0.2) is 10.9 Å². The molecule has 0 radical (unpaired) electrons. The first-order valence-electron chi connectivity index (χ1n) is 12.5. The van der Waals surface area contributed by atoms with Crippen LogP contribution in [0.2, 0.25) is 0 Å². The average Bonchev–Trinajstić information content (AvgIpc) is 3.47. The number of hydrogen-bond acceptors (Lipinski definition) is 8. The van der Waals surface area contributed by atoms with Crippen LogP contribution in [0, 0.1) is 0 Å². The van der Waals surface area contributed by atoms with Gasteiger partial charge < -0.3 is 21.3 Å². The molecule has 6 aromatic rings. The topological polar surface area (TPSA) is 112 Å². The number of nitrogens with one attached hydrogen (secondary N) is 4. The zero-order chi connectivity index (χ0) is 27.5. The molecule has 0 saturated carbocycles. The Hall–Kier alpha value is -5.28. The van der Waals surface area contributed by atoms with Crippen molar-refractivity contribution < 1.29 is 4.79 Å². The van der Waals surface area contributed by atoms with Crippen molar-refractivity contribution in [1.82, 2.24) is 4.98 Å². The van der Waals surface area contributed by atoms with Gasteiger partial charge in [-0.15, -0.1) is 11.3 Å². The minimum Gasteiger partial charge on any atom is -0.380 e. The Balaban J connectivity index is 1.14. The summed E-state index contributed by atoms with van der Waals surface area (Å²) in [7, 11) is 0. The summed E-state index contributed by atoms with van der Waals surface area (Å²) in [6.45, 7) is 0.542. The highest BCUT2D eigenvalue weighted by atomic mass is 32.1. The molecule has 2 heterocycles. The second-order valence-electron chi connectivity index (χ2n) is 9.06. The van der Waals surface area contributed by atoms with Crippen molar-refractivity contribution in [2.75, 3.05) is 21.3 Å². The molecule has 0 fully saturated rings. The molecule has 40 heavy (non-hydrogen) atoms. The maximum Gasteiger partial charge on any atom is 0.267 e. The lowest BCUT2D eigenvalue weighted by Gasteiger charge is -2.15. The molecule has 0 aliphatic carbocycles. The smallest absolute Gasteiger partial charge is 0.267 e. The molecule has 0 saturated heterocycles. The van der Waals surface area contributed by atoms with E-state index in [1.807, 2.05) is 72.1 Å². The lowest BCUT2D eigenvalue weighted by atomic mass is 10.1. The van der Waals surface area contributed by atoms with Crippen molar-refractivity contribution in [2.24, 2.45) is 0 Å². The molecule has 2 aromatic heterocycles. The predicted octanol–water partition coefficient (Wildman–Crippen LogP) is 6.24. The number of rotatable bonds is 9. The van der Waals surface area contributed by atoms with Crippen LogP contribution in [0.5, 0.6) is 0 Å². The van der Waals surface area contributed by atoms with Gasteiger partial charge in [-0.05, 0) is 59.5 Å². The second-order valence-corrected chi connectivity index (χ2v) is 9.98. The summed E-state index contributed by atoms with van der Waals surface area (Å²) < 4.78 is 0. The van der Waals surface area contributed by atoms with Gasteiger partial charge >= 0.3 is 0 Å². The van der Waals surface area contributed by atoms with E-state index in [4.69, 9.17) is 0 Å². The van der Waals surface area contributed by atoms with Crippen LogP contribution in [0.15, 0.2) is 112 Å². The number of aromatic nitrogens is 1. The molecule has 196 valence electrons. The molecule has 0 spiro atoms. The third-order valence-corrected chi connectivity index (χ3v) is 7.34. The number of benzene rings is 3. The molecule has 6 rings (SSSR count). The van der Waals surface area contributed by atoms with Crippen molar-refractivity contribution in [1.29, 1.82) is 0 Å². The van der Waals surface area contributed by atoms with Gasteiger partial charge in [0.25, 0.3) is 16.8 Å². The van der Waals surface area contributed by atoms with Gasteiger partial charge in [-0.25, -0.2) is 0 Å². The van der Waals surface area contributed by atoms with E-state index in [2.05, 4.69) is 26.3 Å². The summed E-state index contributed by atoms with van der Waals surface area (Å²) in [6, 6.07) is 27.9. The van der Waals surface area contributed by atoms with Crippen molar-refractivity contribution in [3.63, 3.8) is 0 Å². The number of anilines is 6. The van der Waals surface area contributed by atoms with Crippen molar-refractivity contribution in [3.05, 3.63) is 133 Å². The molecule has 0 aliphatic rings. The van der Waals surface area contributed by atoms with Gasteiger partial charge in [-0.3, -0.25) is 19.4 Å². The number of amides is 1. The van der Waals surface area contributed by atoms with Gasteiger partial charge in [-0.2, -0.15) is 0 Å². The minimum atomic E-state index is -0.593. The summed E-state index contributed by atoms with van der Waals surface area (Å²) in [5.74, 6) is -0.255. The zero-order valence-electron chi connectivity index (χ0n) is 21.1. The minimum absolute atomic E-state index is 0.186. The number of carbonyl (C=O) groups is 1. The molecule has 9 heteroatoms. The van der Waals surface area contributed by atoms with Crippen LogP contribution in [0.3, 0.4) is 0 Å². The average molecular weight is 546 g/mol. The fraction of sp³-hybridized carbons (Fsp3) is 0.0323. The van der Waals surface area contributed by atoms with Crippen LogP contribution in [0.4, 0.5) is 34.1 Å². The Morgan fingerprint density at radius 2 is 1.45 bits per heavy atom. The highest BCUT2D eigenvalue weighted by Crippen LogP contribution is 2.28. The molecular formula is C31H23N5O3S. The lowest BCUT2D eigenvalue weighted by Crippen LogP contribution is -2.35. The van der Waals surface area contributed by atoms with Gasteiger partial charge in [-0.1, -0.05) is 42.5 Å². The SMILES string of the molecule is O=C(Nc1cccc(Nc2c(Nc3ccccc3)c(=O)c2=O)c1)c1sccc1NCc1ccnc2ccccc12. The fourth-order valence-electron chi connectivity index (χ4n) is 4.43. The Kier molecular flexibility index (Phi) is 6.78. The quantitative estimate of drug-likeness (QED) is 0.159. The number of carbonyl (C=O) groups excluding carboxylic acids is 1. The molecule has 4 N–H and O–H groups in total. The number of thiophene rings is 1. The number of hydrogen-bond donors (Lipinski definition) is 4. The van der Waals surface area contributed by atoms with Crippen LogP contribution in [-0.2, 0) is 6.54 Å². The van der Waals surface area contributed by atoms with Gasteiger partial charge in [0.1, 0.15) is 16.3 Å². The molecule has 4 aromatic carbocycles. The summed E-state index contributed by atoms with van der Waals surface area (Å²) in [6.07, 6.45) is 1.78. The number of pyridine rings is 1. The first-order chi connectivity index (χ1) is 19.6. The Labute approximate surface area is 233 Å². The van der Waals surface area contributed by atoms with Gasteiger partial charge in [0.2, 0.25) is 0 Å². The standard InChI is InChI=1S/C31H23N5O3S/c37-28-26(34-20-7-2-1-3-8-20)27(29(28)38)35-21-9-6-10-22(17-21)36-31(39)30-25(14-16-40-30)33-18-19-13-15-32-24-12-5-4-11-23(19)24/h1-17,33-35H,18H2,(H,36,39). The highest BCUT2D eigenvalue weighted by molar-refractivity contribution is 7.12. The molecule has 8 nitrogen and oxygen atoms in total. The maximum atomic E-state index is 13.2. The van der Waals surface area contributed by atoms with Crippen LogP contribution < -0.4 is 32.1 Å². The van der Waals surface area contributed by atoms with Gasteiger partial charge in [0.15, 0.2) is 0 Å². The van der Waals surface area contributed by atoms with E-state index in [1.165, 1.54) is 11.3 Å². The van der Waals surface area contributed by atoms with E-state index >= 15 is 0 Å². The summed E-state index contributed by atoms with van der Waals surface area (Å²) in [5.41, 5.74) is 3.78. The summed E-state index contributed by atoms with van der Waals surface area (Å²) in [5, 5.41) is 15.3. The fourth-order valence-corrected chi connectivity index (χ4v) is 5.19. The van der Waals surface area contributed by atoms with Crippen LogP contribution in [0.25, 0.3) is 10.9 Å². The third kappa shape index (κ3) is 5.05. The number of para-hydroxylation sites is 2. The Bertz CT molecular complexity index is 1900. The van der Waals surface area contributed by atoms with Crippen LogP contribution in [0.1, 0.15) is 15.2 Å². The van der Waals surface area contributed by atoms with E-state index < -0.39 is 10.9 Å². The lowest BCUT2D eigenvalue weighted by molar-refractivity contribution is 0.103. The molecule has 0 unspecified atom stereocenters. The molecular weight excluding hydrogens is 522 g/mol. The highest BCUT2D eigenvalue weighted by Gasteiger charge is 2.21. The molecule has 0 bridgehead atoms. The normalized spacial score (nSPS) is 10.9. The monoisotopic (exact) mass is 545 g/mol. The van der Waals surface area contributed by atoms with E-state index in [9.17, 15) is 14.4 Å². The van der Waals surface area contributed by atoms with E-state index in [-0.39, 0.29) is 17.3 Å².